The zero-order valence-electron chi connectivity index (χ0n) is 10.1. The molecular weight excluding hydrogens is 186 g/mol. The number of rotatable bonds is 3. The summed E-state index contributed by atoms with van der Waals surface area (Å²) in [5.41, 5.74) is 1.30. The van der Waals surface area contributed by atoms with Crippen LogP contribution in [-0.4, -0.2) is 16.6 Å². The SMILES string of the molecule is CNC(C)(C)c1cncn1C1CC(C)C1. The van der Waals surface area contributed by atoms with Gasteiger partial charge in [0.2, 0.25) is 0 Å². The molecule has 1 heterocycles. The standard InChI is InChI=1S/C12H21N3/c1-9-5-10(6-9)15-8-14-7-11(15)12(2,3)13-4/h7-10,13H,5-6H2,1-4H3. The van der Waals surface area contributed by atoms with Gasteiger partial charge in [-0.1, -0.05) is 6.92 Å². The van der Waals surface area contributed by atoms with Gasteiger partial charge in [0.15, 0.2) is 0 Å². The Hall–Kier alpha value is -0.830. The van der Waals surface area contributed by atoms with Gasteiger partial charge < -0.3 is 9.88 Å². The molecule has 0 radical (unpaired) electrons. The van der Waals surface area contributed by atoms with Gasteiger partial charge in [-0.3, -0.25) is 0 Å². The molecule has 0 atom stereocenters. The molecule has 0 amide bonds. The molecule has 1 N–H and O–H groups in total. The van der Waals surface area contributed by atoms with E-state index in [1.54, 1.807) is 0 Å². The van der Waals surface area contributed by atoms with E-state index < -0.39 is 0 Å². The maximum absolute atomic E-state index is 4.29. The van der Waals surface area contributed by atoms with Gasteiger partial charge >= 0.3 is 0 Å². The summed E-state index contributed by atoms with van der Waals surface area (Å²) < 4.78 is 2.34. The van der Waals surface area contributed by atoms with Crippen molar-refractivity contribution in [2.75, 3.05) is 7.05 Å². The van der Waals surface area contributed by atoms with Gasteiger partial charge in [-0.2, -0.15) is 0 Å². The Morgan fingerprint density at radius 2 is 2.13 bits per heavy atom. The summed E-state index contributed by atoms with van der Waals surface area (Å²) in [6, 6.07) is 0.671. The van der Waals surface area contributed by atoms with Gasteiger partial charge in [0, 0.05) is 6.04 Å². The van der Waals surface area contributed by atoms with Crippen LogP contribution >= 0.6 is 0 Å². The first-order valence-corrected chi connectivity index (χ1v) is 5.76. The Bertz CT molecular complexity index is 334. The van der Waals surface area contributed by atoms with Crippen molar-refractivity contribution in [1.29, 1.82) is 0 Å². The number of hydrogen-bond donors (Lipinski definition) is 1. The van der Waals surface area contributed by atoms with E-state index in [1.165, 1.54) is 18.5 Å². The molecule has 84 valence electrons. The predicted molar refractivity (Wildman–Crippen MR) is 61.7 cm³/mol. The quantitative estimate of drug-likeness (QED) is 0.824. The highest BCUT2D eigenvalue weighted by molar-refractivity contribution is 5.13. The summed E-state index contributed by atoms with van der Waals surface area (Å²) in [4.78, 5) is 4.29. The van der Waals surface area contributed by atoms with Gasteiger partial charge in [-0.05, 0) is 39.7 Å². The third-order valence-electron chi connectivity index (χ3n) is 3.67. The maximum Gasteiger partial charge on any atom is 0.0951 e. The van der Waals surface area contributed by atoms with Crippen LogP contribution < -0.4 is 5.32 Å². The first kappa shape index (κ1) is 10.7. The molecule has 1 aromatic heterocycles. The average molecular weight is 207 g/mol. The van der Waals surface area contributed by atoms with Crippen LogP contribution in [0, 0.1) is 5.92 Å². The third-order valence-corrected chi connectivity index (χ3v) is 3.67. The maximum atomic E-state index is 4.29. The van der Waals surface area contributed by atoms with Crippen LogP contribution in [0.15, 0.2) is 12.5 Å². The first-order chi connectivity index (χ1) is 7.04. The lowest BCUT2D eigenvalue weighted by atomic mass is 9.81. The summed E-state index contributed by atoms with van der Waals surface area (Å²) in [6.07, 6.45) is 6.55. The molecule has 1 aromatic rings. The van der Waals surface area contributed by atoms with E-state index in [0.717, 1.165) is 5.92 Å². The molecule has 0 unspecified atom stereocenters. The molecule has 15 heavy (non-hydrogen) atoms. The average Bonchev–Trinajstić information content (AvgIpc) is 2.61. The van der Waals surface area contributed by atoms with E-state index >= 15 is 0 Å². The van der Waals surface area contributed by atoms with Gasteiger partial charge in [0.1, 0.15) is 0 Å². The Morgan fingerprint density at radius 3 is 2.67 bits per heavy atom. The van der Waals surface area contributed by atoms with Crippen LogP contribution in [0.25, 0.3) is 0 Å². The highest BCUT2D eigenvalue weighted by Crippen LogP contribution is 2.39. The normalized spacial score (nSPS) is 26.4. The molecule has 0 spiro atoms. The van der Waals surface area contributed by atoms with Crippen LogP contribution in [-0.2, 0) is 5.54 Å². The number of nitrogens with one attached hydrogen (secondary N) is 1. The van der Waals surface area contributed by atoms with Crippen molar-refractivity contribution < 1.29 is 0 Å². The molecule has 0 aliphatic heterocycles. The molecule has 0 saturated heterocycles. The van der Waals surface area contributed by atoms with Crippen molar-refractivity contribution in [3.8, 4) is 0 Å². The molecule has 1 aliphatic rings. The van der Waals surface area contributed by atoms with E-state index in [2.05, 4.69) is 35.6 Å². The Balaban J connectivity index is 2.22. The number of imidazole rings is 1. The zero-order valence-corrected chi connectivity index (χ0v) is 10.1. The monoisotopic (exact) mass is 207 g/mol. The molecule has 1 aliphatic carbocycles. The van der Waals surface area contributed by atoms with E-state index in [0.29, 0.717) is 6.04 Å². The molecule has 1 saturated carbocycles. The predicted octanol–water partition coefficient (Wildman–Crippen LogP) is 2.31. The number of hydrogen-bond acceptors (Lipinski definition) is 2. The smallest absolute Gasteiger partial charge is 0.0951 e. The van der Waals surface area contributed by atoms with Gasteiger partial charge in [0.25, 0.3) is 0 Å². The minimum Gasteiger partial charge on any atom is -0.330 e. The van der Waals surface area contributed by atoms with E-state index in [4.69, 9.17) is 0 Å². The van der Waals surface area contributed by atoms with Crippen molar-refractivity contribution in [3.63, 3.8) is 0 Å². The van der Waals surface area contributed by atoms with Crippen LogP contribution in [0.4, 0.5) is 0 Å². The fourth-order valence-electron chi connectivity index (χ4n) is 2.29. The van der Waals surface area contributed by atoms with Crippen LogP contribution in [0.1, 0.15) is 45.3 Å². The minimum absolute atomic E-state index is 0.00925. The van der Waals surface area contributed by atoms with Gasteiger partial charge in [-0.25, -0.2) is 4.98 Å². The van der Waals surface area contributed by atoms with E-state index in [-0.39, 0.29) is 5.54 Å². The molecule has 0 bridgehead atoms. The molecule has 3 heteroatoms. The molecular formula is C12H21N3. The highest BCUT2D eigenvalue weighted by Gasteiger charge is 2.31. The third kappa shape index (κ3) is 1.81. The molecule has 2 rings (SSSR count). The topological polar surface area (TPSA) is 29.9 Å². The van der Waals surface area contributed by atoms with Crippen LogP contribution in [0.5, 0.6) is 0 Å². The minimum atomic E-state index is 0.00925. The second-order valence-corrected chi connectivity index (χ2v) is 5.29. The van der Waals surface area contributed by atoms with Crippen molar-refractivity contribution >= 4 is 0 Å². The van der Waals surface area contributed by atoms with Crippen molar-refractivity contribution in [2.24, 2.45) is 5.92 Å². The van der Waals surface area contributed by atoms with Crippen LogP contribution in [0.3, 0.4) is 0 Å². The van der Waals surface area contributed by atoms with E-state index in [9.17, 15) is 0 Å². The van der Waals surface area contributed by atoms with E-state index in [1.807, 2.05) is 19.6 Å². The summed E-state index contributed by atoms with van der Waals surface area (Å²) in [7, 11) is 2.00. The van der Waals surface area contributed by atoms with Crippen LogP contribution in [0.2, 0.25) is 0 Å². The lowest BCUT2D eigenvalue weighted by molar-refractivity contribution is 0.203. The second kappa shape index (κ2) is 3.63. The molecule has 3 nitrogen and oxygen atoms in total. The molecule has 0 aromatic carbocycles. The number of aromatic nitrogens is 2. The lowest BCUT2D eigenvalue weighted by Gasteiger charge is -2.37. The van der Waals surface area contributed by atoms with Gasteiger partial charge in [-0.15, -0.1) is 0 Å². The van der Waals surface area contributed by atoms with Crippen molar-refractivity contribution in [3.05, 3.63) is 18.2 Å². The van der Waals surface area contributed by atoms with Crippen molar-refractivity contribution in [2.45, 2.75) is 45.2 Å². The Morgan fingerprint density at radius 1 is 1.47 bits per heavy atom. The summed E-state index contributed by atoms with van der Waals surface area (Å²) in [6.45, 7) is 6.71. The van der Waals surface area contributed by atoms with Crippen molar-refractivity contribution in [1.82, 2.24) is 14.9 Å². The largest absolute Gasteiger partial charge is 0.330 e. The number of nitrogens with zero attached hydrogens (tertiary/aromatic N) is 2. The second-order valence-electron chi connectivity index (χ2n) is 5.29. The first-order valence-electron chi connectivity index (χ1n) is 5.76. The summed E-state index contributed by atoms with van der Waals surface area (Å²) in [5, 5.41) is 3.34. The lowest BCUT2D eigenvalue weighted by Crippen LogP contribution is -2.37. The summed E-state index contributed by atoms with van der Waals surface area (Å²) >= 11 is 0. The summed E-state index contributed by atoms with van der Waals surface area (Å²) in [5.74, 6) is 0.878. The highest BCUT2D eigenvalue weighted by atomic mass is 15.1. The zero-order chi connectivity index (χ0) is 11.1. The Kier molecular flexibility index (Phi) is 2.59. The fraction of sp³-hybridized carbons (Fsp3) is 0.750. The molecule has 1 fully saturated rings. The Labute approximate surface area is 91.9 Å². The fourth-order valence-corrected chi connectivity index (χ4v) is 2.29. The van der Waals surface area contributed by atoms with Gasteiger partial charge in [0.05, 0.1) is 23.8 Å².